The highest BCUT2D eigenvalue weighted by molar-refractivity contribution is 5.66. The number of carbonyl (C=O) groups excluding carboxylic acids is 1. The standard InChI is InChI=1S/C24H33N3O3/c1-23(2,3)24(30-22(25)28)11-7-20(8-12-24)27-16-19-15-18(5-6-21(19)29-4)17-9-13-26-14-10-17/h5-6,9-10,13-15,20,27H,7-8,11-12,16H2,1-4H3,(H2,25,28)/t20-,24-. The summed E-state index contributed by atoms with van der Waals surface area (Å²) in [5.41, 5.74) is 8.10. The molecule has 2 aromatic rings. The number of hydrogen-bond donors (Lipinski definition) is 2. The number of primary amides is 1. The fraction of sp³-hybridized carbons (Fsp3) is 0.500. The van der Waals surface area contributed by atoms with Crippen molar-refractivity contribution in [2.24, 2.45) is 11.1 Å². The summed E-state index contributed by atoms with van der Waals surface area (Å²) < 4.78 is 11.2. The van der Waals surface area contributed by atoms with E-state index < -0.39 is 11.7 Å². The van der Waals surface area contributed by atoms with E-state index in [0.29, 0.717) is 12.6 Å². The molecule has 1 aliphatic rings. The van der Waals surface area contributed by atoms with Gasteiger partial charge in [0.25, 0.3) is 0 Å². The number of hydrogen-bond acceptors (Lipinski definition) is 5. The minimum absolute atomic E-state index is 0.158. The second-order valence-electron chi connectivity index (χ2n) is 9.08. The molecular formula is C24H33N3O3. The Labute approximate surface area is 179 Å². The number of carbonyl (C=O) groups is 1. The van der Waals surface area contributed by atoms with Gasteiger partial charge in [-0.3, -0.25) is 4.98 Å². The molecule has 3 rings (SSSR count). The highest BCUT2D eigenvalue weighted by Crippen LogP contribution is 2.45. The molecule has 6 heteroatoms. The molecule has 0 atom stereocenters. The second kappa shape index (κ2) is 9.04. The Morgan fingerprint density at radius 2 is 1.83 bits per heavy atom. The highest BCUT2D eigenvalue weighted by atomic mass is 16.6. The van der Waals surface area contributed by atoms with Crippen LogP contribution in [0.15, 0.2) is 42.7 Å². The summed E-state index contributed by atoms with van der Waals surface area (Å²) in [5.74, 6) is 0.872. The first kappa shape index (κ1) is 22.1. The summed E-state index contributed by atoms with van der Waals surface area (Å²) in [4.78, 5) is 15.6. The molecular weight excluding hydrogens is 378 g/mol. The first-order valence-corrected chi connectivity index (χ1v) is 10.5. The smallest absolute Gasteiger partial charge is 0.405 e. The number of methoxy groups -OCH3 is 1. The van der Waals surface area contributed by atoms with Crippen molar-refractivity contribution in [3.8, 4) is 16.9 Å². The number of nitrogens with zero attached hydrogens (tertiary/aromatic N) is 1. The molecule has 0 bridgehead atoms. The topological polar surface area (TPSA) is 86.5 Å². The zero-order valence-corrected chi connectivity index (χ0v) is 18.4. The van der Waals surface area contributed by atoms with E-state index in [4.69, 9.17) is 15.2 Å². The van der Waals surface area contributed by atoms with Gasteiger partial charge in [-0.2, -0.15) is 0 Å². The number of pyridine rings is 1. The van der Waals surface area contributed by atoms with Crippen LogP contribution in [-0.4, -0.2) is 29.8 Å². The van der Waals surface area contributed by atoms with Gasteiger partial charge in [0, 0.05) is 36.0 Å². The van der Waals surface area contributed by atoms with Crippen LogP contribution in [0.2, 0.25) is 0 Å². The lowest BCUT2D eigenvalue weighted by Crippen LogP contribution is -2.52. The number of aromatic nitrogens is 1. The predicted molar refractivity (Wildman–Crippen MR) is 118 cm³/mol. The van der Waals surface area contributed by atoms with Crippen LogP contribution in [0.25, 0.3) is 11.1 Å². The Bertz CT molecular complexity index is 854. The molecule has 0 spiro atoms. The summed E-state index contributed by atoms with van der Waals surface area (Å²) in [6.45, 7) is 7.05. The SMILES string of the molecule is COc1ccc(-c2ccncc2)cc1CN[C@H]1CC[C@@](OC(N)=O)(C(C)(C)C)CC1. The number of nitrogens with one attached hydrogen (secondary N) is 1. The molecule has 3 N–H and O–H groups in total. The molecule has 1 saturated carbocycles. The molecule has 0 radical (unpaired) electrons. The maximum Gasteiger partial charge on any atom is 0.405 e. The van der Waals surface area contributed by atoms with Crippen molar-refractivity contribution in [1.82, 2.24) is 10.3 Å². The van der Waals surface area contributed by atoms with Crippen molar-refractivity contribution in [3.05, 3.63) is 48.3 Å². The van der Waals surface area contributed by atoms with Gasteiger partial charge in [-0.1, -0.05) is 26.8 Å². The van der Waals surface area contributed by atoms with E-state index in [0.717, 1.165) is 48.1 Å². The van der Waals surface area contributed by atoms with E-state index in [1.165, 1.54) is 0 Å². The van der Waals surface area contributed by atoms with Crippen LogP contribution < -0.4 is 15.8 Å². The van der Waals surface area contributed by atoms with Gasteiger partial charge in [0.05, 0.1) is 7.11 Å². The van der Waals surface area contributed by atoms with Crippen LogP contribution in [0.4, 0.5) is 4.79 Å². The maximum atomic E-state index is 11.5. The lowest BCUT2D eigenvalue weighted by atomic mass is 9.67. The lowest BCUT2D eigenvalue weighted by Gasteiger charge is -2.47. The lowest BCUT2D eigenvalue weighted by molar-refractivity contribution is -0.0932. The maximum absolute atomic E-state index is 11.5. The molecule has 1 fully saturated rings. The van der Waals surface area contributed by atoms with Gasteiger partial charge in [0.15, 0.2) is 0 Å². The summed E-state index contributed by atoms with van der Waals surface area (Å²) in [6, 6.07) is 10.6. The fourth-order valence-corrected chi connectivity index (χ4v) is 4.38. The van der Waals surface area contributed by atoms with Crippen LogP contribution >= 0.6 is 0 Å². The quantitative estimate of drug-likeness (QED) is 0.721. The van der Waals surface area contributed by atoms with Crippen LogP contribution in [-0.2, 0) is 11.3 Å². The van der Waals surface area contributed by atoms with Gasteiger partial charge in [0.2, 0.25) is 0 Å². The third kappa shape index (κ3) is 4.93. The summed E-state index contributed by atoms with van der Waals surface area (Å²) >= 11 is 0. The summed E-state index contributed by atoms with van der Waals surface area (Å²) in [5, 5.41) is 3.67. The van der Waals surface area contributed by atoms with Crippen LogP contribution in [0, 0.1) is 5.41 Å². The van der Waals surface area contributed by atoms with Gasteiger partial charge in [-0.05, 0) is 61.1 Å². The molecule has 1 amide bonds. The van der Waals surface area contributed by atoms with Crippen molar-refractivity contribution in [3.63, 3.8) is 0 Å². The molecule has 1 aromatic heterocycles. The molecule has 0 aliphatic heterocycles. The first-order chi connectivity index (χ1) is 14.2. The number of ether oxygens (including phenoxy) is 2. The van der Waals surface area contributed by atoms with E-state index in [-0.39, 0.29) is 5.41 Å². The largest absolute Gasteiger partial charge is 0.496 e. The third-order valence-electron chi connectivity index (χ3n) is 6.33. The van der Waals surface area contributed by atoms with Gasteiger partial charge < -0.3 is 20.5 Å². The van der Waals surface area contributed by atoms with Gasteiger partial charge >= 0.3 is 6.09 Å². The van der Waals surface area contributed by atoms with Crippen LogP contribution in [0.3, 0.4) is 0 Å². The van der Waals surface area contributed by atoms with Crippen LogP contribution in [0.1, 0.15) is 52.0 Å². The average molecular weight is 412 g/mol. The van der Waals surface area contributed by atoms with Gasteiger partial charge in [0.1, 0.15) is 11.4 Å². The Balaban J connectivity index is 1.67. The Kier molecular flexibility index (Phi) is 6.66. The molecule has 1 aromatic carbocycles. The Morgan fingerprint density at radius 3 is 2.40 bits per heavy atom. The monoisotopic (exact) mass is 411 g/mol. The van der Waals surface area contributed by atoms with Gasteiger partial charge in [-0.25, -0.2) is 4.79 Å². The number of benzene rings is 1. The Morgan fingerprint density at radius 1 is 1.17 bits per heavy atom. The van der Waals surface area contributed by atoms with E-state index in [1.54, 1.807) is 19.5 Å². The van der Waals surface area contributed by atoms with Crippen LogP contribution in [0.5, 0.6) is 5.75 Å². The molecule has 30 heavy (non-hydrogen) atoms. The third-order valence-corrected chi connectivity index (χ3v) is 6.33. The van der Waals surface area contributed by atoms with Crippen molar-refractivity contribution in [2.45, 2.75) is 64.6 Å². The van der Waals surface area contributed by atoms with Crippen molar-refractivity contribution >= 4 is 6.09 Å². The van der Waals surface area contributed by atoms with Crippen molar-refractivity contribution < 1.29 is 14.3 Å². The normalized spacial score (nSPS) is 21.8. The van der Waals surface area contributed by atoms with E-state index in [9.17, 15) is 4.79 Å². The minimum atomic E-state index is -0.686. The summed E-state index contributed by atoms with van der Waals surface area (Å²) in [6.07, 6.45) is 6.36. The number of rotatable bonds is 6. The molecule has 162 valence electrons. The second-order valence-corrected chi connectivity index (χ2v) is 9.08. The minimum Gasteiger partial charge on any atom is -0.496 e. The summed E-state index contributed by atoms with van der Waals surface area (Å²) in [7, 11) is 1.70. The average Bonchev–Trinajstić information content (AvgIpc) is 2.72. The van der Waals surface area contributed by atoms with Crippen molar-refractivity contribution in [1.29, 1.82) is 0 Å². The van der Waals surface area contributed by atoms with E-state index in [1.807, 2.05) is 18.2 Å². The first-order valence-electron chi connectivity index (χ1n) is 10.5. The Hall–Kier alpha value is -2.60. The molecule has 6 nitrogen and oxygen atoms in total. The number of amides is 1. The van der Waals surface area contributed by atoms with E-state index in [2.05, 4.69) is 43.2 Å². The molecule has 1 aliphatic carbocycles. The number of nitrogens with two attached hydrogens (primary N) is 1. The zero-order valence-electron chi connectivity index (χ0n) is 18.4. The van der Waals surface area contributed by atoms with Gasteiger partial charge in [-0.15, -0.1) is 0 Å². The predicted octanol–water partition coefficient (Wildman–Crippen LogP) is 4.67. The highest BCUT2D eigenvalue weighted by Gasteiger charge is 2.47. The molecule has 1 heterocycles. The fourth-order valence-electron chi connectivity index (χ4n) is 4.38. The molecule has 0 saturated heterocycles. The zero-order chi connectivity index (χ0) is 21.8. The van der Waals surface area contributed by atoms with E-state index >= 15 is 0 Å². The molecule has 0 unspecified atom stereocenters. The van der Waals surface area contributed by atoms with Crippen molar-refractivity contribution in [2.75, 3.05) is 7.11 Å².